The lowest BCUT2D eigenvalue weighted by Crippen LogP contribution is -2.13. The number of para-hydroxylation sites is 2. The van der Waals surface area contributed by atoms with Crippen molar-refractivity contribution in [2.24, 2.45) is 0 Å². The molecule has 0 atom stereocenters. The fraction of sp³-hybridized carbons (Fsp3) is 0. The van der Waals surface area contributed by atoms with E-state index in [2.05, 4.69) is 240 Å². The molecule has 0 fully saturated rings. The topological polar surface area (TPSA) is 6.48 Å². The molecule has 0 aliphatic carbocycles. The van der Waals surface area contributed by atoms with Crippen LogP contribution in [0.1, 0.15) is 0 Å². The fourth-order valence-electron chi connectivity index (χ4n) is 8.63. The number of rotatable bonds is 8. The average molecular weight is 771 g/mol. The van der Waals surface area contributed by atoms with E-state index in [1.54, 1.807) is 0 Å². The number of benzene rings is 10. The Morgan fingerprint density at radius 3 is 1.51 bits per heavy atom. The molecule has 0 aliphatic heterocycles. The Kier molecular flexibility index (Phi) is 8.72. The molecule has 0 N–H and O–H groups in total. The number of nitrogens with zero attached hydrogens (tertiary/aromatic N) is 2. The van der Waals surface area contributed by atoms with Crippen LogP contribution >= 0.6 is 11.3 Å². The first kappa shape index (κ1) is 34.8. The van der Waals surface area contributed by atoms with Gasteiger partial charge in [0, 0.05) is 48.6 Å². The van der Waals surface area contributed by atoms with Crippen molar-refractivity contribution < 1.29 is 0 Å². The molecule has 0 spiro atoms. The largest absolute Gasteiger partial charge is 0.310 e. The second-order valence-corrected chi connectivity index (χ2v) is 16.0. The van der Waals surface area contributed by atoms with Gasteiger partial charge in [0.05, 0.1) is 5.69 Å². The van der Waals surface area contributed by atoms with E-state index in [1.165, 1.54) is 64.0 Å². The minimum atomic E-state index is 1.09. The maximum atomic E-state index is 2.45. The van der Waals surface area contributed by atoms with Crippen LogP contribution in [0.4, 0.5) is 34.1 Å². The van der Waals surface area contributed by atoms with Gasteiger partial charge in [-0.1, -0.05) is 170 Å². The molecular weight excluding hydrogens is 733 g/mol. The molecule has 11 aromatic rings. The molecular formula is C56H38N2S. The van der Waals surface area contributed by atoms with E-state index in [1.807, 2.05) is 11.3 Å². The van der Waals surface area contributed by atoms with E-state index >= 15 is 0 Å². The van der Waals surface area contributed by atoms with Crippen LogP contribution in [0.2, 0.25) is 0 Å². The van der Waals surface area contributed by atoms with Gasteiger partial charge in [0.25, 0.3) is 0 Å². The fourth-order valence-corrected chi connectivity index (χ4v) is 9.92. The lowest BCUT2D eigenvalue weighted by atomic mass is 9.98. The molecule has 10 aromatic carbocycles. The monoisotopic (exact) mass is 770 g/mol. The highest BCUT2D eigenvalue weighted by molar-refractivity contribution is 7.26. The summed E-state index contributed by atoms with van der Waals surface area (Å²) in [5, 5.41) is 7.54. The van der Waals surface area contributed by atoms with Gasteiger partial charge in [-0.15, -0.1) is 11.3 Å². The third-order valence-electron chi connectivity index (χ3n) is 11.4. The summed E-state index contributed by atoms with van der Waals surface area (Å²) >= 11 is 1.88. The molecule has 2 nitrogen and oxygen atoms in total. The van der Waals surface area contributed by atoms with Crippen molar-refractivity contribution in [1.29, 1.82) is 0 Å². The molecule has 0 radical (unpaired) electrons. The lowest BCUT2D eigenvalue weighted by Gasteiger charge is -2.30. The van der Waals surface area contributed by atoms with Gasteiger partial charge in [-0.05, 0) is 104 Å². The highest BCUT2D eigenvalue weighted by Gasteiger charge is 2.23. The third-order valence-corrected chi connectivity index (χ3v) is 12.6. The van der Waals surface area contributed by atoms with Gasteiger partial charge in [-0.2, -0.15) is 0 Å². The van der Waals surface area contributed by atoms with Gasteiger partial charge < -0.3 is 9.80 Å². The van der Waals surface area contributed by atoms with Gasteiger partial charge in [0.2, 0.25) is 0 Å². The Balaban J connectivity index is 1.15. The SMILES string of the molecule is c1ccc(-c2ccc(N(c3ccccc3)c3cc(N(c4ccccc4)c4ccc(-c5cccc6ccccc56)cc4)c4c(c3)sc3c5ccccc5ccc34)cc2)cc1. The zero-order valence-electron chi connectivity index (χ0n) is 32.2. The summed E-state index contributed by atoms with van der Waals surface area (Å²) in [5.41, 5.74) is 11.4. The van der Waals surface area contributed by atoms with Crippen LogP contribution in [0.5, 0.6) is 0 Å². The van der Waals surface area contributed by atoms with Crippen LogP contribution in [0.25, 0.3) is 64.0 Å². The van der Waals surface area contributed by atoms with Crippen LogP contribution < -0.4 is 9.80 Å². The normalized spacial score (nSPS) is 11.4. The van der Waals surface area contributed by atoms with Crippen molar-refractivity contribution in [2.45, 2.75) is 0 Å². The molecule has 0 saturated heterocycles. The predicted molar refractivity (Wildman–Crippen MR) is 255 cm³/mol. The molecule has 11 rings (SSSR count). The van der Waals surface area contributed by atoms with Gasteiger partial charge in [-0.3, -0.25) is 0 Å². The molecule has 59 heavy (non-hydrogen) atoms. The molecule has 0 aliphatic rings. The van der Waals surface area contributed by atoms with Crippen molar-refractivity contribution in [3.8, 4) is 22.3 Å². The summed E-state index contributed by atoms with van der Waals surface area (Å²) in [6.07, 6.45) is 0. The number of thiophene rings is 1. The zero-order valence-corrected chi connectivity index (χ0v) is 33.1. The molecule has 3 heteroatoms. The molecule has 0 amide bonds. The maximum absolute atomic E-state index is 2.45. The van der Waals surface area contributed by atoms with E-state index in [0.29, 0.717) is 0 Å². The molecule has 0 saturated carbocycles. The summed E-state index contributed by atoms with van der Waals surface area (Å²) in [5.74, 6) is 0. The number of hydrogen-bond acceptors (Lipinski definition) is 3. The van der Waals surface area contributed by atoms with Crippen molar-refractivity contribution in [1.82, 2.24) is 0 Å². The first-order valence-electron chi connectivity index (χ1n) is 20.1. The number of hydrogen-bond donors (Lipinski definition) is 0. The Bertz CT molecular complexity index is 3240. The van der Waals surface area contributed by atoms with Gasteiger partial charge in [-0.25, -0.2) is 0 Å². The highest BCUT2D eigenvalue weighted by Crippen LogP contribution is 2.50. The second-order valence-electron chi connectivity index (χ2n) is 14.9. The van der Waals surface area contributed by atoms with E-state index in [4.69, 9.17) is 0 Å². The van der Waals surface area contributed by atoms with Crippen molar-refractivity contribution in [2.75, 3.05) is 9.80 Å². The molecule has 278 valence electrons. The Morgan fingerprint density at radius 2 is 0.814 bits per heavy atom. The average Bonchev–Trinajstić information content (AvgIpc) is 3.70. The second kappa shape index (κ2) is 14.8. The smallest absolute Gasteiger partial charge is 0.0575 e. The van der Waals surface area contributed by atoms with Crippen LogP contribution in [0, 0.1) is 0 Å². The van der Waals surface area contributed by atoms with Crippen molar-refractivity contribution in [3.63, 3.8) is 0 Å². The summed E-state index contributed by atoms with van der Waals surface area (Å²) in [6, 6.07) is 83.6. The summed E-state index contributed by atoms with van der Waals surface area (Å²) in [7, 11) is 0. The molecule has 1 heterocycles. The first-order valence-corrected chi connectivity index (χ1v) is 20.9. The van der Waals surface area contributed by atoms with E-state index in [9.17, 15) is 0 Å². The molecule has 0 unspecified atom stereocenters. The zero-order chi connectivity index (χ0) is 39.1. The third kappa shape index (κ3) is 6.29. The first-order chi connectivity index (χ1) is 29.3. The highest BCUT2D eigenvalue weighted by atomic mass is 32.1. The van der Waals surface area contributed by atoms with Crippen LogP contribution in [0.3, 0.4) is 0 Å². The van der Waals surface area contributed by atoms with Gasteiger partial charge in [0.1, 0.15) is 0 Å². The van der Waals surface area contributed by atoms with E-state index in [0.717, 1.165) is 34.1 Å². The van der Waals surface area contributed by atoms with Gasteiger partial charge in [0.15, 0.2) is 0 Å². The minimum absolute atomic E-state index is 1.09. The quantitative estimate of drug-likeness (QED) is 0.152. The summed E-state index contributed by atoms with van der Waals surface area (Å²) in [6.45, 7) is 0. The van der Waals surface area contributed by atoms with Gasteiger partial charge >= 0.3 is 0 Å². The molecule has 0 bridgehead atoms. The Hall–Kier alpha value is -7.46. The Morgan fingerprint density at radius 1 is 0.305 bits per heavy atom. The summed E-state index contributed by atoms with van der Waals surface area (Å²) in [4.78, 5) is 4.84. The van der Waals surface area contributed by atoms with E-state index in [-0.39, 0.29) is 0 Å². The predicted octanol–water partition coefficient (Wildman–Crippen LogP) is 16.6. The Labute approximate surface area is 348 Å². The van der Waals surface area contributed by atoms with Crippen LogP contribution in [-0.2, 0) is 0 Å². The van der Waals surface area contributed by atoms with Crippen molar-refractivity contribution >= 4 is 87.2 Å². The standard InChI is InChI=1S/C56H38N2S/c1-4-15-39(16-5-1)40-27-32-46(33-28-40)57(44-20-6-2-7-21-44)48-37-53(55-52-36-31-42-18-11-13-25-51(42)56(52)59-54(55)38-48)58(45-22-8-3-9-23-45)47-34-29-43(30-35-47)50-26-14-19-41-17-10-12-24-49(41)50/h1-38H. The van der Waals surface area contributed by atoms with Crippen LogP contribution in [0.15, 0.2) is 231 Å². The maximum Gasteiger partial charge on any atom is 0.0575 e. The van der Waals surface area contributed by atoms with Crippen molar-refractivity contribution in [3.05, 3.63) is 231 Å². The lowest BCUT2D eigenvalue weighted by molar-refractivity contribution is 1.26. The minimum Gasteiger partial charge on any atom is -0.310 e. The molecule has 1 aromatic heterocycles. The summed E-state index contributed by atoms with van der Waals surface area (Å²) < 4.78 is 2.54. The number of anilines is 6. The number of fused-ring (bicyclic) bond motifs is 6. The van der Waals surface area contributed by atoms with Crippen LogP contribution in [-0.4, -0.2) is 0 Å². The van der Waals surface area contributed by atoms with E-state index < -0.39 is 0 Å².